The van der Waals surface area contributed by atoms with Crippen molar-refractivity contribution in [3.05, 3.63) is 47.0 Å². The van der Waals surface area contributed by atoms with Crippen LogP contribution in [0.15, 0.2) is 30.3 Å². The lowest BCUT2D eigenvalue weighted by atomic mass is 9.89. The molecule has 0 saturated carbocycles. The number of ether oxygens (including phenoxy) is 3. The van der Waals surface area contributed by atoms with E-state index in [-0.39, 0.29) is 6.04 Å². The second kappa shape index (κ2) is 6.87. The fourth-order valence-corrected chi connectivity index (χ4v) is 5.20. The molecule has 1 fully saturated rings. The molecule has 2 aromatic carbocycles. The summed E-state index contributed by atoms with van der Waals surface area (Å²) >= 11 is 0. The summed E-state index contributed by atoms with van der Waals surface area (Å²) in [6.45, 7) is 3.20. The lowest BCUT2D eigenvalue weighted by Gasteiger charge is -2.39. The molecule has 3 N–H and O–H groups in total. The van der Waals surface area contributed by atoms with Gasteiger partial charge in [0.1, 0.15) is 11.5 Å². The number of nitrogens with zero attached hydrogens (tertiary/aromatic N) is 1. The van der Waals surface area contributed by atoms with E-state index in [0.717, 1.165) is 42.3 Å². The Morgan fingerprint density at radius 1 is 1.14 bits per heavy atom. The van der Waals surface area contributed by atoms with Gasteiger partial charge in [0.2, 0.25) is 0 Å². The smallest absolute Gasteiger partial charge is 0.124 e. The van der Waals surface area contributed by atoms with E-state index in [1.165, 1.54) is 16.8 Å². The minimum Gasteiger partial charge on any atom is -0.497 e. The van der Waals surface area contributed by atoms with Crippen LogP contribution in [0.25, 0.3) is 0 Å². The van der Waals surface area contributed by atoms with Crippen molar-refractivity contribution in [1.29, 1.82) is 0 Å². The molecular formula is C22H27N3O3. The molecule has 3 aliphatic heterocycles. The molecule has 6 heteroatoms. The van der Waals surface area contributed by atoms with Crippen LogP contribution in [0.3, 0.4) is 0 Å². The van der Waals surface area contributed by atoms with Gasteiger partial charge in [0, 0.05) is 41.0 Å². The lowest BCUT2D eigenvalue weighted by molar-refractivity contribution is 0.109. The van der Waals surface area contributed by atoms with Crippen LogP contribution in [0, 0.1) is 0 Å². The Morgan fingerprint density at radius 3 is 2.86 bits per heavy atom. The molecule has 0 aliphatic carbocycles. The minimum atomic E-state index is 0.0711. The summed E-state index contributed by atoms with van der Waals surface area (Å²) in [5.74, 6) is 2.15. The maximum Gasteiger partial charge on any atom is 0.124 e. The quantitative estimate of drug-likeness (QED) is 0.797. The number of nitrogens with two attached hydrogens (primary N) is 1. The number of hydrogen-bond acceptors (Lipinski definition) is 6. The van der Waals surface area contributed by atoms with Gasteiger partial charge >= 0.3 is 0 Å². The van der Waals surface area contributed by atoms with Crippen molar-refractivity contribution in [2.45, 2.75) is 31.0 Å². The molecule has 0 radical (unpaired) electrons. The van der Waals surface area contributed by atoms with Crippen LogP contribution in [-0.2, 0) is 11.3 Å². The van der Waals surface area contributed by atoms with Gasteiger partial charge in [0.05, 0.1) is 33.5 Å². The molecule has 0 amide bonds. The van der Waals surface area contributed by atoms with Crippen LogP contribution < -0.4 is 25.4 Å². The zero-order valence-electron chi connectivity index (χ0n) is 16.4. The van der Waals surface area contributed by atoms with Gasteiger partial charge in [-0.1, -0.05) is 0 Å². The van der Waals surface area contributed by atoms with Crippen molar-refractivity contribution in [3.8, 4) is 11.5 Å². The zero-order chi connectivity index (χ0) is 19.3. The first-order valence-corrected chi connectivity index (χ1v) is 9.92. The summed E-state index contributed by atoms with van der Waals surface area (Å²) in [6, 6.07) is 10.7. The molecule has 0 bridgehead atoms. The maximum absolute atomic E-state index is 6.25. The van der Waals surface area contributed by atoms with Gasteiger partial charge in [0.15, 0.2) is 0 Å². The van der Waals surface area contributed by atoms with Gasteiger partial charge in [-0.25, -0.2) is 0 Å². The summed E-state index contributed by atoms with van der Waals surface area (Å²) in [5.41, 5.74) is 12.0. The Bertz CT molecular complexity index is 901. The Labute approximate surface area is 165 Å². The van der Waals surface area contributed by atoms with Gasteiger partial charge in [-0.15, -0.1) is 0 Å². The first kappa shape index (κ1) is 17.6. The molecule has 6 nitrogen and oxygen atoms in total. The van der Waals surface area contributed by atoms with E-state index >= 15 is 0 Å². The van der Waals surface area contributed by atoms with Crippen LogP contribution >= 0.6 is 0 Å². The van der Waals surface area contributed by atoms with Gasteiger partial charge in [-0.2, -0.15) is 0 Å². The monoisotopic (exact) mass is 381 g/mol. The summed E-state index contributed by atoms with van der Waals surface area (Å²) in [5, 5.41) is 3.57. The topological polar surface area (TPSA) is 69.0 Å². The van der Waals surface area contributed by atoms with Crippen LogP contribution in [0.2, 0.25) is 0 Å². The summed E-state index contributed by atoms with van der Waals surface area (Å²) in [4.78, 5) is 2.58. The molecule has 2 aromatic rings. The Morgan fingerprint density at radius 2 is 2.04 bits per heavy atom. The SMILES string of the molecule is COc1ccc(OC)c(C2COCc3cc(N)cc4c3N2C2CCNCC42)c1. The van der Waals surface area contributed by atoms with Crippen molar-refractivity contribution < 1.29 is 14.2 Å². The molecule has 28 heavy (non-hydrogen) atoms. The predicted octanol–water partition coefficient (Wildman–Crippen LogP) is 2.82. The van der Waals surface area contributed by atoms with Crippen molar-refractivity contribution in [3.63, 3.8) is 0 Å². The van der Waals surface area contributed by atoms with Crippen molar-refractivity contribution in [1.82, 2.24) is 5.32 Å². The number of methoxy groups -OCH3 is 2. The number of rotatable bonds is 3. The molecular weight excluding hydrogens is 354 g/mol. The van der Waals surface area contributed by atoms with Gasteiger partial charge in [0.25, 0.3) is 0 Å². The third-order valence-electron chi connectivity index (χ3n) is 6.37. The zero-order valence-corrected chi connectivity index (χ0v) is 16.4. The highest BCUT2D eigenvalue weighted by Gasteiger charge is 2.46. The summed E-state index contributed by atoms with van der Waals surface area (Å²) in [6.07, 6.45) is 1.10. The molecule has 3 atom stereocenters. The Balaban J connectivity index is 1.69. The molecule has 3 unspecified atom stereocenters. The minimum absolute atomic E-state index is 0.0711. The molecule has 5 rings (SSSR count). The van der Waals surface area contributed by atoms with E-state index in [1.807, 2.05) is 12.1 Å². The second-order valence-corrected chi connectivity index (χ2v) is 7.83. The van der Waals surface area contributed by atoms with Gasteiger partial charge < -0.3 is 30.2 Å². The lowest BCUT2D eigenvalue weighted by Crippen LogP contribution is -2.46. The van der Waals surface area contributed by atoms with Gasteiger partial charge in [-0.3, -0.25) is 0 Å². The Kier molecular flexibility index (Phi) is 4.33. The molecule has 0 spiro atoms. The van der Waals surface area contributed by atoms with Gasteiger partial charge in [-0.05, 0) is 48.9 Å². The first-order valence-electron chi connectivity index (χ1n) is 9.92. The van der Waals surface area contributed by atoms with E-state index < -0.39 is 0 Å². The highest BCUT2D eigenvalue weighted by Crippen LogP contribution is 2.52. The fourth-order valence-electron chi connectivity index (χ4n) is 5.20. The molecule has 0 aromatic heterocycles. The number of anilines is 2. The summed E-state index contributed by atoms with van der Waals surface area (Å²) < 4.78 is 17.4. The van der Waals surface area contributed by atoms with Crippen molar-refractivity contribution in [2.75, 3.05) is 44.5 Å². The number of nitrogen functional groups attached to an aromatic ring is 1. The standard InChI is InChI=1S/C22H27N3O3/c1-26-15-3-4-21(27-2)17(9-15)20-12-28-11-13-7-14(23)8-16-18-10-24-6-5-19(18)25(20)22(13)16/h3-4,7-9,18-20,24H,5-6,10-12,23H2,1-2H3. The highest BCUT2D eigenvalue weighted by molar-refractivity contribution is 5.72. The molecule has 148 valence electrons. The van der Waals surface area contributed by atoms with E-state index in [4.69, 9.17) is 19.9 Å². The van der Waals surface area contributed by atoms with E-state index in [1.54, 1.807) is 14.2 Å². The number of nitrogens with one attached hydrogen (secondary N) is 1. The average molecular weight is 381 g/mol. The van der Waals surface area contributed by atoms with Crippen LogP contribution in [-0.4, -0.2) is 40.0 Å². The largest absolute Gasteiger partial charge is 0.497 e. The maximum atomic E-state index is 6.25. The molecule has 3 heterocycles. The third kappa shape index (κ3) is 2.63. The second-order valence-electron chi connectivity index (χ2n) is 7.83. The highest BCUT2D eigenvalue weighted by atomic mass is 16.5. The van der Waals surface area contributed by atoms with E-state index in [0.29, 0.717) is 25.2 Å². The van der Waals surface area contributed by atoms with Crippen molar-refractivity contribution >= 4 is 11.4 Å². The van der Waals surface area contributed by atoms with Crippen LogP contribution in [0.4, 0.5) is 11.4 Å². The van der Waals surface area contributed by atoms with Crippen molar-refractivity contribution in [2.24, 2.45) is 0 Å². The average Bonchev–Trinajstić information content (AvgIpc) is 2.92. The summed E-state index contributed by atoms with van der Waals surface area (Å²) in [7, 11) is 3.42. The Hall–Kier alpha value is -2.44. The van der Waals surface area contributed by atoms with E-state index in [2.05, 4.69) is 28.4 Å². The third-order valence-corrected chi connectivity index (χ3v) is 6.37. The van der Waals surface area contributed by atoms with E-state index in [9.17, 15) is 0 Å². The molecule has 3 aliphatic rings. The van der Waals surface area contributed by atoms with Crippen LogP contribution in [0.5, 0.6) is 11.5 Å². The van der Waals surface area contributed by atoms with Crippen LogP contribution in [0.1, 0.15) is 35.1 Å². The number of piperidine rings is 1. The normalized spacial score (nSPS) is 25.6. The number of fused-ring (bicyclic) bond motifs is 3. The molecule has 1 saturated heterocycles. The number of hydrogen-bond donors (Lipinski definition) is 2. The fraction of sp³-hybridized carbons (Fsp3) is 0.455. The number of benzene rings is 2. The first-order chi connectivity index (χ1) is 13.7. The predicted molar refractivity (Wildman–Crippen MR) is 109 cm³/mol.